The van der Waals surface area contributed by atoms with Crippen molar-refractivity contribution >= 4 is 15.2 Å². The quantitative estimate of drug-likeness (QED) is 0.485. The molecule has 1 aliphatic rings. The number of hydrogen-bond acceptors (Lipinski definition) is 1. The minimum absolute atomic E-state index is 0. The number of nitrogens with one attached hydrogen (secondary N) is 1. The van der Waals surface area contributed by atoms with E-state index in [0.717, 1.165) is 18.4 Å². The van der Waals surface area contributed by atoms with Crippen LogP contribution in [0, 0.1) is 14.9 Å². The van der Waals surface area contributed by atoms with Gasteiger partial charge in [-0.15, -0.1) is 0 Å². The molecule has 0 heterocycles. The van der Waals surface area contributed by atoms with Crippen molar-refractivity contribution in [2.75, 3.05) is 0 Å². The van der Waals surface area contributed by atoms with E-state index in [1.807, 2.05) is 30.3 Å². The van der Waals surface area contributed by atoms with Gasteiger partial charge in [-0.1, -0.05) is 67.9 Å². The van der Waals surface area contributed by atoms with Crippen LogP contribution in [-0.4, -0.2) is 5.91 Å². The van der Waals surface area contributed by atoms with Crippen LogP contribution in [0.5, 0.6) is 0 Å². The number of amides is 1. The van der Waals surface area contributed by atoms with E-state index in [9.17, 15) is 4.79 Å². The molecule has 2 aromatic rings. The van der Waals surface area contributed by atoms with Crippen LogP contribution in [0.25, 0.3) is 0 Å². The van der Waals surface area contributed by atoms with Crippen LogP contribution in [0.2, 0.25) is 0 Å². The third kappa shape index (κ3) is 6.98. The number of halogens is 1. The standard InChI is InChI=1S/C20H24NO.2CH3.ClH.Ti/c22-19(21-16-17-9-3-1-4-10-17)15-20(13-7-2-8-14-20)18-11-5-6-12-18;;;;/h1,3-6,9-12H,2,7-8,13-16H2,(H,21,22);2*1H3;1H;/q3*-1;;+4/p-1. The SMILES string of the molecule is O=C(CC1(c2cc[cH-]c2)CCCCC1)NCc1ccccc1.[CH3-].[CH3-].[Cl][Ti+3]. The second-order valence-electron chi connectivity index (χ2n) is 6.45. The molecule has 2 aromatic carbocycles. The molecule has 26 heavy (non-hydrogen) atoms. The van der Waals surface area contributed by atoms with E-state index in [0.29, 0.717) is 13.0 Å². The molecule has 0 radical (unpaired) electrons. The minimum atomic E-state index is 0. The third-order valence-electron chi connectivity index (χ3n) is 4.92. The molecule has 1 fully saturated rings. The topological polar surface area (TPSA) is 29.1 Å². The number of carbonyl (C=O) groups excluding carboxylic acids is 1. The number of hydrogen-bond donors (Lipinski definition) is 1. The first-order chi connectivity index (χ1) is 11.8. The van der Waals surface area contributed by atoms with Gasteiger partial charge >= 0.3 is 28.7 Å². The summed E-state index contributed by atoms with van der Waals surface area (Å²) < 4.78 is 0. The predicted octanol–water partition coefficient (Wildman–Crippen LogP) is 5.90. The molecule has 1 saturated carbocycles. The molecule has 0 aliphatic heterocycles. The van der Waals surface area contributed by atoms with Crippen LogP contribution in [-0.2, 0) is 36.1 Å². The normalized spacial score (nSPS) is 14.7. The summed E-state index contributed by atoms with van der Waals surface area (Å²) in [5.41, 5.74) is 2.56. The van der Waals surface area contributed by atoms with Crippen molar-refractivity contribution in [1.29, 1.82) is 0 Å². The van der Waals surface area contributed by atoms with Crippen molar-refractivity contribution in [2.45, 2.75) is 50.5 Å². The third-order valence-corrected chi connectivity index (χ3v) is 4.92. The van der Waals surface area contributed by atoms with E-state index in [2.05, 4.69) is 38.9 Å². The van der Waals surface area contributed by atoms with E-state index >= 15 is 0 Å². The molecule has 140 valence electrons. The summed E-state index contributed by atoms with van der Waals surface area (Å²) in [7, 11) is 4.64. The summed E-state index contributed by atoms with van der Waals surface area (Å²) in [5, 5.41) is 3.09. The predicted molar refractivity (Wildman–Crippen MR) is 108 cm³/mol. The van der Waals surface area contributed by atoms with Gasteiger partial charge < -0.3 is 20.2 Å². The molecule has 0 saturated heterocycles. The van der Waals surface area contributed by atoms with Crippen molar-refractivity contribution in [3.05, 3.63) is 80.6 Å². The van der Waals surface area contributed by atoms with E-state index < -0.39 is 0 Å². The van der Waals surface area contributed by atoms with Gasteiger partial charge in [0.15, 0.2) is 0 Å². The Morgan fingerprint density at radius 1 is 1.08 bits per heavy atom. The van der Waals surface area contributed by atoms with Gasteiger partial charge in [0.05, 0.1) is 0 Å². The molecular formula is C22H30ClNOTi. The fourth-order valence-electron chi connectivity index (χ4n) is 3.69. The maximum absolute atomic E-state index is 12.5. The summed E-state index contributed by atoms with van der Waals surface area (Å²) >= 11 is 1.47. The van der Waals surface area contributed by atoms with Gasteiger partial charge in [-0.2, -0.15) is 23.8 Å². The molecule has 1 N–H and O–H groups in total. The van der Waals surface area contributed by atoms with Crippen molar-refractivity contribution in [2.24, 2.45) is 0 Å². The van der Waals surface area contributed by atoms with Crippen LogP contribution in [0.3, 0.4) is 0 Å². The van der Waals surface area contributed by atoms with Gasteiger partial charge in [-0.25, -0.2) is 6.07 Å². The van der Waals surface area contributed by atoms with Gasteiger partial charge in [-0.05, 0) is 5.56 Å². The van der Waals surface area contributed by atoms with E-state index in [1.165, 1.54) is 44.2 Å². The zero-order chi connectivity index (χ0) is 17.3. The van der Waals surface area contributed by atoms with Crippen molar-refractivity contribution < 1.29 is 24.2 Å². The summed E-state index contributed by atoms with van der Waals surface area (Å²) in [5.74, 6) is 0.173. The molecular weight excluding hydrogens is 378 g/mol. The summed E-state index contributed by atoms with van der Waals surface area (Å²) in [6.07, 6.45) is 6.65. The Morgan fingerprint density at radius 2 is 1.73 bits per heavy atom. The molecule has 3 rings (SSSR count). The van der Waals surface area contributed by atoms with E-state index in [-0.39, 0.29) is 26.2 Å². The van der Waals surface area contributed by atoms with Crippen molar-refractivity contribution in [3.63, 3.8) is 0 Å². The molecule has 0 unspecified atom stereocenters. The Balaban J connectivity index is 0.00000151. The van der Waals surface area contributed by atoms with Gasteiger partial charge in [-0.3, -0.25) is 4.79 Å². The number of benzene rings is 1. The number of carbonyl (C=O) groups is 1. The fraction of sp³-hybridized carbons (Fsp3) is 0.364. The molecule has 2 nitrogen and oxygen atoms in total. The average Bonchev–Trinajstić information content (AvgIpc) is 3.19. The molecule has 0 atom stereocenters. The van der Waals surface area contributed by atoms with Crippen LogP contribution in [0.4, 0.5) is 0 Å². The first kappa shape index (κ1) is 25.0. The molecule has 0 spiro atoms. The average molecular weight is 408 g/mol. The van der Waals surface area contributed by atoms with Crippen molar-refractivity contribution in [1.82, 2.24) is 5.32 Å². The fourth-order valence-corrected chi connectivity index (χ4v) is 3.69. The Morgan fingerprint density at radius 3 is 2.31 bits per heavy atom. The Kier molecular flexibility index (Phi) is 12.8. The summed E-state index contributed by atoms with van der Waals surface area (Å²) in [6, 6.07) is 18.7. The summed E-state index contributed by atoms with van der Waals surface area (Å²) in [6.45, 7) is 0.622. The van der Waals surface area contributed by atoms with Gasteiger partial charge in [0.25, 0.3) is 0 Å². The number of rotatable bonds is 5. The zero-order valence-corrected chi connectivity index (χ0v) is 18.2. The second kappa shape index (κ2) is 13.2. The maximum atomic E-state index is 12.5. The van der Waals surface area contributed by atoms with Crippen LogP contribution >= 0.6 is 9.30 Å². The zero-order valence-electron chi connectivity index (χ0n) is 15.9. The Labute approximate surface area is 175 Å². The van der Waals surface area contributed by atoms with Crippen molar-refractivity contribution in [3.8, 4) is 0 Å². The molecule has 1 aliphatic carbocycles. The van der Waals surface area contributed by atoms with Crippen LogP contribution in [0.1, 0.15) is 49.7 Å². The Bertz CT molecular complexity index is 592. The summed E-state index contributed by atoms with van der Waals surface area (Å²) in [4.78, 5) is 12.5. The van der Waals surface area contributed by atoms with Gasteiger partial charge in [0, 0.05) is 13.0 Å². The van der Waals surface area contributed by atoms with Crippen LogP contribution < -0.4 is 5.32 Å². The first-order valence-corrected chi connectivity index (χ1v) is 10.7. The van der Waals surface area contributed by atoms with E-state index in [4.69, 9.17) is 0 Å². The van der Waals surface area contributed by atoms with Gasteiger partial charge in [0.2, 0.25) is 5.91 Å². The van der Waals surface area contributed by atoms with E-state index in [1.54, 1.807) is 0 Å². The molecule has 4 heteroatoms. The van der Waals surface area contributed by atoms with Gasteiger partial charge in [0.1, 0.15) is 0 Å². The molecule has 0 aromatic heterocycles. The van der Waals surface area contributed by atoms with Crippen LogP contribution in [0.15, 0.2) is 54.6 Å². The first-order valence-electron chi connectivity index (χ1n) is 8.50. The molecule has 1 amide bonds. The monoisotopic (exact) mass is 407 g/mol. The second-order valence-corrected chi connectivity index (χ2v) is 6.45. The molecule has 0 bridgehead atoms. The Hall–Kier alpha value is -0.956.